The molecule has 21 heavy (non-hydrogen) atoms. The van der Waals surface area contributed by atoms with E-state index in [0.29, 0.717) is 0 Å². The van der Waals surface area contributed by atoms with Crippen molar-refractivity contribution in [2.24, 2.45) is 0 Å². The summed E-state index contributed by atoms with van der Waals surface area (Å²) in [7, 11) is 0. The average Bonchev–Trinajstić information content (AvgIpc) is 2.35. The lowest BCUT2D eigenvalue weighted by atomic mass is 9.95. The van der Waals surface area contributed by atoms with E-state index in [1.54, 1.807) is 0 Å². The molecule has 0 aliphatic rings. The van der Waals surface area contributed by atoms with Crippen LogP contribution in [0.2, 0.25) is 0 Å². The number of carboxylic acid groups (broad SMARTS) is 3. The predicted octanol–water partition coefficient (Wildman–Crippen LogP) is 1.47. The van der Waals surface area contributed by atoms with E-state index in [1.165, 1.54) is 6.92 Å². The van der Waals surface area contributed by atoms with Crippen molar-refractivity contribution < 1.29 is 39.2 Å². The molecule has 0 aliphatic heterocycles. The Hall–Kier alpha value is -3.16. The van der Waals surface area contributed by atoms with Gasteiger partial charge < -0.3 is 20.1 Å². The molecule has 110 valence electrons. The number of ether oxygens (including phenoxy) is 1. The summed E-state index contributed by atoms with van der Waals surface area (Å²) in [6.07, 6.45) is 0. The highest BCUT2D eigenvalue weighted by atomic mass is 16.5. The highest BCUT2D eigenvalue weighted by Gasteiger charge is 2.30. The van der Waals surface area contributed by atoms with E-state index < -0.39 is 46.1 Å². The third kappa shape index (κ3) is 3.24. The molecule has 8 nitrogen and oxygen atoms in total. The zero-order valence-electron chi connectivity index (χ0n) is 10.7. The third-order valence-electron chi connectivity index (χ3n) is 2.35. The van der Waals surface area contributed by atoms with Crippen LogP contribution in [0.15, 0.2) is 24.5 Å². The number of hydrogen-bond acceptors (Lipinski definition) is 5. The minimum absolute atomic E-state index is 0.0319. The van der Waals surface area contributed by atoms with Gasteiger partial charge in [0.15, 0.2) is 0 Å². The molecule has 1 aromatic carbocycles. The Morgan fingerprint density at radius 1 is 0.905 bits per heavy atom. The molecule has 0 heterocycles. The number of allylic oxidation sites excluding steroid dienone is 1. The Morgan fingerprint density at radius 3 is 1.71 bits per heavy atom. The van der Waals surface area contributed by atoms with Gasteiger partial charge in [0.1, 0.15) is 0 Å². The van der Waals surface area contributed by atoms with Gasteiger partial charge in [-0.2, -0.15) is 0 Å². The van der Waals surface area contributed by atoms with Gasteiger partial charge in [-0.25, -0.2) is 19.2 Å². The van der Waals surface area contributed by atoms with Gasteiger partial charge in [0.25, 0.3) is 0 Å². The van der Waals surface area contributed by atoms with Crippen LogP contribution in [0.25, 0.3) is 0 Å². The van der Waals surface area contributed by atoms with Gasteiger partial charge in [0, 0.05) is 0 Å². The lowest BCUT2D eigenvalue weighted by Crippen LogP contribution is -2.20. The van der Waals surface area contributed by atoms with Crippen molar-refractivity contribution in [1.82, 2.24) is 0 Å². The molecule has 0 bridgehead atoms. The maximum atomic E-state index is 11.7. The largest absolute Gasteiger partial charge is 0.478 e. The van der Waals surface area contributed by atoms with Crippen molar-refractivity contribution in [1.29, 1.82) is 0 Å². The topological polar surface area (TPSA) is 138 Å². The average molecular weight is 294 g/mol. The van der Waals surface area contributed by atoms with Crippen molar-refractivity contribution in [3.63, 3.8) is 0 Å². The minimum atomic E-state index is -1.78. The number of carbonyl (C=O) groups excluding carboxylic acids is 1. The zero-order chi connectivity index (χ0) is 16.3. The molecule has 0 atom stereocenters. The van der Waals surface area contributed by atoms with Gasteiger partial charge >= 0.3 is 23.9 Å². The lowest BCUT2D eigenvalue weighted by molar-refractivity contribution is 0.0594. The predicted molar refractivity (Wildman–Crippen MR) is 67.5 cm³/mol. The molecule has 0 saturated carbocycles. The Labute approximate surface area is 117 Å². The minimum Gasteiger partial charge on any atom is -0.478 e. The second-order valence-electron chi connectivity index (χ2n) is 3.92. The number of esters is 1. The molecule has 0 spiro atoms. The van der Waals surface area contributed by atoms with Gasteiger partial charge in [0.05, 0.1) is 28.0 Å². The molecule has 0 amide bonds. The van der Waals surface area contributed by atoms with Crippen LogP contribution in [0.3, 0.4) is 0 Å². The smallest absolute Gasteiger partial charge is 0.344 e. The highest BCUT2D eigenvalue weighted by Crippen LogP contribution is 2.22. The van der Waals surface area contributed by atoms with E-state index in [0.717, 1.165) is 12.1 Å². The Bertz CT molecular complexity index is 671. The summed E-state index contributed by atoms with van der Waals surface area (Å²) < 4.78 is 4.63. The standard InChI is InChI=1S/C13H10O8/c1-5(2)21-13(20)7-4-3-6(10(14)15)8(11(16)17)9(7)12(18)19/h3-4H,1H2,2H3,(H,14,15)(H,16,17)(H,18,19). The normalized spacial score (nSPS) is 9.76. The van der Waals surface area contributed by atoms with Crippen molar-refractivity contribution in [2.45, 2.75) is 6.92 Å². The second-order valence-corrected chi connectivity index (χ2v) is 3.92. The number of rotatable bonds is 5. The molecular formula is C13H10O8. The number of hydrogen-bond donors (Lipinski definition) is 3. The van der Waals surface area contributed by atoms with Gasteiger partial charge in [-0.15, -0.1) is 0 Å². The first-order valence-electron chi connectivity index (χ1n) is 5.41. The Balaban J connectivity index is 3.69. The van der Waals surface area contributed by atoms with Gasteiger partial charge in [0.2, 0.25) is 0 Å². The maximum absolute atomic E-state index is 11.7. The summed E-state index contributed by atoms with van der Waals surface area (Å²) in [5.74, 6) is -6.34. The van der Waals surface area contributed by atoms with Gasteiger partial charge in [-0.3, -0.25) is 0 Å². The van der Waals surface area contributed by atoms with E-state index in [1.807, 2.05) is 0 Å². The number of carbonyl (C=O) groups is 4. The molecule has 1 aromatic rings. The Morgan fingerprint density at radius 2 is 1.33 bits per heavy atom. The van der Waals surface area contributed by atoms with Crippen LogP contribution >= 0.6 is 0 Å². The summed E-state index contributed by atoms with van der Waals surface area (Å²) in [4.78, 5) is 45.1. The van der Waals surface area contributed by atoms with Crippen molar-refractivity contribution in [2.75, 3.05) is 0 Å². The third-order valence-corrected chi connectivity index (χ3v) is 2.35. The second kappa shape index (κ2) is 5.87. The van der Waals surface area contributed by atoms with Crippen LogP contribution in [0.4, 0.5) is 0 Å². The molecule has 0 aromatic heterocycles. The van der Waals surface area contributed by atoms with E-state index >= 15 is 0 Å². The van der Waals surface area contributed by atoms with E-state index in [4.69, 9.17) is 15.3 Å². The first kappa shape index (κ1) is 15.9. The fourth-order valence-corrected chi connectivity index (χ4v) is 1.61. The molecule has 0 fully saturated rings. The fourth-order valence-electron chi connectivity index (χ4n) is 1.61. The molecule has 0 radical (unpaired) electrons. The molecular weight excluding hydrogens is 284 g/mol. The molecule has 3 N–H and O–H groups in total. The summed E-state index contributed by atoms with van der Waals surface area (Å²) in [6.45, 7) is 4.63. The molecule has 0 aliphatic carbocycles. The summed E-state index contributed by atoms with van der Waals surface area (Å²) >= 11 is 0. The zero-order valence-corrected chi connectivity index (χ0v) is 10.7. The molecule has 8 heteroatoms. The highest BCUT2D eigenvalue weighted by molar-refractivity contribution is 6.14. The first-order valence-corrected chi connectivity index (χ1v) is 5.41. The number of benzene rings is 1. The van der Waals surface area contributed by atoms with Gasteiger partial charge in [-0.1, -0.05) is 6.58 Å². The number of aromatic carboxylic acids is 3. The maximum Gasteiger partial charge on any atom is 0.344 e. The van der Waals surface area contributed by atoms with Crippen molar-refractivity contribution in [3.8, 4) is 0 Å². The summed E-state index contributed by atoms with van der Waals surface area (Å²) in [6, 6.07) is 1.71. The first-order chi connectivity index (χ1) is 9.66. The van der Waals surface area contributed by atoms with E-state index in [2.05, 4.69) is 11.3 Å². The number of carboxylic acids is 3. The van der Waals surface area contributed by atoms with Crippen LogP contribution in [0, 0.1) is 0 Å². The fraction of sp³-hybridized carbons (Fsp3) is 0.0769. The Kier molecular flexibility index (Phi) is 4.44. The molecule has 0 unspecified atom stereocenters. The van der Waals surface area contributed by atoms with Gasteiger partial charge in [-0.05, 0) is 19.1 Å². The SMILES string of the molecule is C=C(C)OC(=O)c1ccc(C(=O)O)c(C(=O)O)c1C(=O)O. The lowest BCUT2D eigenvalue weighted by Gasteiger charge is -2.11. The summed E-state index contributed by atoms with van der Waals surface area (Å²) in [5, 5.41) is 27.0. The molecule has 0 saturated heterocycles. The van der Waals surface area contributed by atoms with Crippen LogP contribution < -0.4 is 0 Å². The van der Waals surface area contributed by atoms with E-state index in [9.17, 15) is 19.2 Å². The van der Waals surface area contributed by atoms with Crippen molar-refractivity contribution in [3.05, 3.63) is 46.7 Å². The quantitative estimate of drug-likeness (QED) is 0.548. The van der Waals surface area contributed by atoms with Crippen LogP contribution in [0.5, 0.6) is 0 Å². The van der Waals surface area contributed by atoms with Crippen LogP contribution in [0.1, 0.15) is 48.4 Å². The van der Waals surface area contributed by atoms with Crippen LogP contribution in [-0.2, 0) is 4.74 Å². The van der Waals surface area contributed by atoms with Crippen molar-refractivity contribution >= 4 is 23.9 Å². The monoisotopic (exact) mass is 294 g/mol. The molecule has 1 rings (SSSR count). The van der Waals surface area contributed by atoms with Crippen LogP contribution in [-0.4, -0.2) is 39.2 Å². The summed E-state index contributed by atoms with van der Waals surface area (Å²) in [5.41, 5.74) is -3.26. The van der Waals surface area contributed by atoms with E-state index in [-0.39, 0.29) is 5.76 Å².